The van der Waals surface area contributed by atoms with Crippen molar-refractivity contribution in [1.82, 2.24) is 0 Å². The third-order valence-electron chi connectivity index (χ3n) is 9.43. The van der Waals surface area contributed by atoms with Crippen molar-refractivity contribution in [3.63, 3.8) is 0 Å². The molecule has 7 heteroatoms. The number of rotatable bonds is 41. The fourth-order valence-corrected chi connectivity index (χ4v) is 6.24. The van der Waals surface area contributed by atoms with Crippen molar-refractivity contribution in [1.29, 1.82) is 0 Å². The average molecular weight is 719 g/mol. The molecule has 1 aromatic rings. The number of hydrogen-bond acceptors (Lipinski definition) is 7. The second-order valence-corrected chi connectivity index (χ2v) is 14.0. The molecule has 0 unspecified atom stereocenters. The normalized spacial score (nSPS) is 11.3. The van der Waals surface area contributed by atoms with Crippen LogP contribution in [0.4, 0.5) is 0 Å². The second-order valence-electron chi connectivity index (χ2n) is 14.0. The summed E-state index contributed by atoms with van der Waals surface area (Å²) < 4.78 is 33.2. The van der Waals surface area contributed by atoms with E-state index in [1.165, 1.54) is 142 Å². The fraction of sp³-hybridized carbons (Fsp3) is 0.795. The first-order chi connectivity index (χ1) is 25.3. The highest BCUT2D eigenvalue weighted by Crippen LogP contribution is 2.15. The number of hydrogen-bond donors (Lipinski definition) is 0. The largest absolute Gasteiger partial charge is 0.469 e. The minimum absolute atomic E-state index is 0.0851. The van der Waals surface area contributed by atoms with Crippen LogP contribution in [0.5, 0.6) is 0 Å². The zero-order chi connectivity index (χ0) is 36.6. The lowest BCUT2D eigenvalue weighted by Gasteiger charge is -2.11. The summed E-state index contributed by atoms with van der Waals surface area (Å²) in [6, 6.07) is 8.28. The number of methoxy groups -OCH3 is 1. The number of esters is 1. The lowest BCUT2D eigenvalue weighted by Crippen LogP contribution is -2.06. The zero-order valence-corrected chi connectivity index (χ0v) is 33.0. The van der Waals surface area contributed by atoms with Gasteiger partial charge >= 0.3 is 5.97 Å². The molecular weight excluding hydrogens is 640 g/mol. The topological polar surface area (TPSA) is 72.5 Å². The lowest BCUT2D eigenvalue weighted by molar-refractivity contribution is -0.140. The van der Waals surface area contributed by atoms with E-state index in [9.17, 15) is 4.79 Å². The molecule has 0 saturated carbocycles. The maximum Gasteiger partial charge on any atom is 0.305 e. The molecule has 296 valence electrons. The van der Waals surface area contributed by atoms with Gasteiger partial charge in [-0.05, 0) is 36.8 Å². The van der Waals surface area contributed by atoms with Crippen molar-refractivity contribution < 1.29 is 33.2 Å². The van der Waals surface area contributed by atoms with Gasteiger partial charge in [0, 0.05) is 26.2 Å². The van der Waals surface area contributed by atoms with Gasteiger partial charge in [-0.25, -0.2) is 0 Å². The van der Waals surface area contributed by atoms with Gasteiger partial charge in [0.05, 0.1) is 26.9 Å². The summed E-state index contributed by atoms with van der Waals surface area (Å²) in [4.78, 5) is 11.1. The summed E-state index contributed by atoms with van der Waals surface area (Å²) in [5.41, 5.74) is 2.28. The molecule has 0 fully saturated rings. The monoisotopic (exact) mass is 719 g/mol. The Morgan fingerprint density at radius 3 is 1.18 bits per heavy atom. The number of unbranched alkanes of at least 4 members (excludes halogenated alkanes) is 23. The van der Waals surface area contributed by atoms with Gasteiger partial charge in [-0.2, -0.15) is 0 Å². The van der Waals surface area contributed by atoms with Crippen LogP contribution in [0, 0.1) is 0 Å². The molecule has 0 atom stereocenters. The third-order valence-corrected chi connectivity index (χ3v) is 9.43. The Morgan fingerprint density at radius 1 is 0.490 bits per heavy atom. The Balaban J connectivity index is 1.84. The minimum atomic E-state index is -0.0851. The summed E-state index contributed by atoms with van der Waals surface area (Å²) in [5, 5.41) is 0. The summed E-state index contributed by atoms with van der Waals surface area (Å²) in [5.74, 6) is -0.0851. The Hall–Kier alpha value is -1.77. The van der Waals surface area contributed by atoms with Gasteiger partial charge in [0.1, 0.15) is 13.6 Å². The highest BCUT2D eigenvalue weighted by atomic mass is 16.7. The minimum Gasteiger partial charge on any atom is -0.469 e. The van der Waals surface area contributed by atoms with E-state index >= 15 is 0 Å². The summed E-state index contributed by atoms with van der Waals surface area (Å²) in [6.07, 6.45) is 34.3. The molecule has 0 radical (unpaired) electrons. The first-order valence-corrected chi connectivity index (χ1v) is 20.9. The van der Waals surface area contributed by atoms with E-state index < -0.39 is 0 Å². The molecule has 7 nitrogen and oxygen atoms in total. The number of ether oxygens (including phenoxy) is 6. The molecule has 0 N–H and O–H groups in total. The highest BCUT2D eigenvalue weighted by molar-refractivity contribution is 5.68. The van der Waals surface area contributed by atoms with Crippen LogP contribution >= 0.6 is 0 Å². The van der Waals surface area contributed by atoms with Gasteiger partial charge in [-0.1, -0.05) is 165 Å². The van der Waals surface area contributed by atoms with Crippen LogP contribution in [-0.2, 0) is 46.4 Å². The summed E-state index contributed by atoms with van der Waals surface area (Å²) in [6.45, 7) is 8.48. The number of carbonyl (C=O) groups excluding carboxylic acids is 1. The molecule has 0 bridgehead atoms. The van der Waals surface area contributed by atoms with Gasteiger partial charge in [-0.3, -0.25) is 4.79 Å². The Kier molecular flexibility index (Phi) is 36.5. The van der Waals surface area contributed by atoms with Crippen molar-refractivity contribution in [2.75, 3.05) is 47.1 Å². The van der Waals surface area contributed by atoms with Crippen LogP contribution in [0.15, 0.2) is 36.9 Å². The van der Waals surface area contributed by atoms with Crippen LogP contribution in [0.1, 0.15) is 178 Å². The molecule has 0 saturated heterocycles. The average Bonchev–Trinajstić information content (AvgIpc) is 3.15. The first-order valence-electron chi connectivity index (χ1n) is 20.9. The lowest BCUT2D eigenvalue weighted by atomic mass is 10.0. The van der Waals surface area contributed by atoms with E-state index in [1.54, 1.807) is 0 Å². The quantitative estimate of drug-likeness (QED) is 0.0289. The molecule has 1 aromatic carbocycles. The van der Waals surface area contributed by atoms with Crippen molar-refractivity contribution >= 4 is 5.97 Å². The number of carbonyl (C=O) groups is 1. The van der Waals surface area contributed by atoms with Crippen molar-refractivity contribution in [2.45, 2.75) is 180 Å². The van der Waals surface area contributed by atoms with E-state index in [0.717, 1.165) is 56.6 Å². The van der Waals surface area contributed by atoms with Crippen molar-refractivity contribution in [3.05, 3.63) is 48.0 Å². The van der Waals surface area contributed by atoms with Gasteiger partial charge in [0.15, 0.2) is 0 Å². The van der Waals surface area contributed by atoms with E-state index in [1.807, 2.05) is 18.2 Å². The molecule has 0 spiro atoms. The Labute approximate surface area is 313 Å². The molecule has 51 heavy (non-hydrogen) atoms. The Morgan fingerprint density at radius 2 is 0.824 bits per heavy atom. The van der Waals surface area contributed by atoms with Gasteiger partial charge in [0.2, 0.25) is 0 Å². The number of benzene rings is 1. The van der Waals surface area contributed by atoms with E-state index in [2.05, 4.69) is 23.4 Å². The molecular formula is C44H78O7. The molecule has 1 rings (SSSR count). The molecule has 0 amide bonds. The molecule has 0 aliphatic carbocycles. The maximum absolute atomic E-state index is 11.1. The van der Waals surface area contributed by atoms with E-state index in [4.69, 9.17) is 23.7 Å². The summed E-state index contributed by atoms with van der Waals surface area (Å²) >= 11 is 0. The van der Waals surface area contributed by atoms with E-state index in [-0.39, 0.29) is 5.97 Å². The SMILES string of the molecule is C=CCOCCCCCCCCCCCCCCCOCOCc1ccccc1COCOCCCCCCCCCCCCCCC(=O)OC. The molecule has 0 aromatic heterocycles. The highest BCUT2D eigenvalue weighted by Gasteiger charge is 2.04. The van der Waals surface area contributed by atoms with E-state index in [0.29, 0.717) is 39.8 Å². The van der Waals surface area contributed by atoms with Gasteiger partial charge in [-0.15, -0.1) is 6.58 Å². The van der Waals surface area contributed by atoms with Crippen LogP contribution in [0.3, 0.4) is 0 Å². The van der Waals surface area contributed by atoms with Crippen LogP contribution in [-0.4, -0.2) is 53.1 Å². The molecule has 0 aliphatic heterocycles. The van der Waals surface area contributed by atoms with Crippen LogP contribution in [0.25, 0.3) is 0 Å². The summed E-state index contributed by atoms with van der Waals surface area (Å²) in [7, 11) is 1.46. The molecule has 0 aliphatic rings. The van der Waals surface area contributed by atoms with Gasteiger partial charge in [0.25, 0.3) is 0 Å². The smallest absolute Gasteiger partial charge is 0.305 e. The third kappa shape index (κ3) is 33.8. The van der Waals surface area contributed by atoms with Crippen LogP contribution < -0.4 is 0 Å². The predicted octanol–water partition coefficient (Wildman–Crippen LogP) is 12.2. The Bertz CT molecular complexity index is 877. The maximum atomic E-state index is 11.1. The van der Waals surface area contributed by atoms with Crippen LogP contribution in [0.2, 0.25) is 0 Å². The second kappa shape index (κ2) is 39.4. The zero-order valence-electron chi connectivity index (χ0n) is 33.0. The fourth-order valence-electron chi connectivity index (χ4n) is 6.24. The van der Waals surface area contributed by atoms with Gasteiger partial charge < -0.3 is 28.4 Å². The molecule has 0 heterocycles. The van der Waals surface area contributed by atoms with Crippen molar-refractivity contribution in [2.24, 2.45) is 0 Å². The standard InChI is InChI=1S/C44H78O7/c1-3-34-47-35-28-22-18-14-10-6-4-7-11-15-19-23-29-36-48-40-50-38-42-31-26-27-32-43(42)39-51-41-49-37-30-24-20-16-12-8-5-9-13-17-21-25-33-44(45)46-2/h3,26-27,31-32H,1,4-25,28-30,33-41H2,2H3. The van der Waals surface area contributed by atoms with Crippen molar-refractivity contribution in [3.8, 4) is 0 Å². The predicted molar refractivity (Wildman–Crippen MR) is 211 cm³/mol. The first kappa shape index (κ1) is 47.3.